The first-order valence-electron chi connectivity index (χ1n) is 7.16. The first kappa shape index (κ1) is 17.7. The highest BCUT2D eigenvalue weighted by Gasteiger charge is 2.16. The summed E-state index contributed by atoms with van der Waals surface area (Å²) in [5.41, 5.74) is 1.15. The maximum atomic E-state index is 12.6. The van der Waals surface area contributed by atoms with Crippen LogP contribution in [0.25, 0.3) is 5.69 Å². The zero-order valence-corrected chi connectivity index (χ0v) is 15.3. The Balaban J connectivity index is 1.96. The molecule has 0 bridgehead atoms. The van der Waals surface area contributed by atoms with Gasteiger partial charge in [0.15, 0.2) is 0 Å². The minimum absolute atomic E-state index is 0.0346. The van der Waals surface area contributed by atoms with E-state index in [1.807, 2.05) is 0 Å². The number of anilines is 1. The van der Waals surface area contributed by atoms with E-state index in [4.69, 9.17) is 34.8 Å². The van der Waals surface area contributed by atoms with E-state index in [2.05, 4.69) is 15.1 Å². The van der Waals surface area contributed by atoms with Crippen molar-refractivity contribution >= 4 is 40.5 Å². The molecule has 0 spiro atoms. The first-order chi connectivity index (χ1) is 12.0. The Labute approximate surface area is 158 Å². The third-order valence-electron chi connectivity index (χ3n) is 3.47. The molecule has 0 N–H and O–H groups in total. The molecule has 0 amide bonds. The van der Waals surface area contributed by atoms with Crippen molar-refractivity contribution in [1.82, 2.24) is 19.7 Å². The molecule has 0 unspecified atom stereocenters. The summed E-state index contributed by atoms with van der Waals surface area (Å²) in [7, 11) is 1.79. The molecule has 0 aliphatic carbocycles. The van der Waals surface area contributed by atoms with Crippen molar-refractivity contribution in [3.8, 4) is 5.69 Å². The van der Waals surface area contributed by atoms with E-state index in [-0.39, 0.29) is 5.02 Å². The SMILES string of the molecule is CN(Cc1cnccn1)c1cnn(-c2ccc(Cl)cc2Cl)c(=O)c1Cl. The van der Waals surface area contributed by atoms with Gasteiger partial charge in [0.2, 0.25) is 0 Å². The van der Waals surface area contributed by atoms with Gasteiger partial charge < -0.3 is 4.90 Å². The maximum Gasteiger partial charge on any atom is 0.292 e. The monoisotopic (exact) mass is 395 g/mol. The van der Waals surface area contributed by atoms with Gasteiger partial charge in [-0.05, 0) is 18.2 Å². The van der Waals surface area contributed by atoms with Gasteiger partial charge in [0.25, 0.3) is 5.56 Å². The van der Waals surface area contributed by atoms with Crippen LogP contribution in [0.4, 0.5) is 5.69 Å². The second kappa shape index (κ2) is 7.39. The lowest BCUT2D eigenvalue weighted by atomic mass is 10.3. The molecule has 0 atom stereocenters. The molecule has 1 aromatic carbocycles. The minimum atomic E-state index is -0.477. The number of halogens is 3. The third-order valence-corrected chi connectivity index (χ3v) is 4.36. The van der Waals surface area contributed by atoms with Gasteiger partial charge in [-0.2, -0.15) is 9.78 Å². The van der Waals surface area contributed by atoms with Gasteiger partial charge >= 0.3 is 0 Å². The lowest BCUT2D eigenvalue weighted by molar-refractivity contribution is 0.790. The smallest absolute Gasteiger partial charge is 0.292 e. The Kier molecular flexibility index (Phi) is 5.22. The fraction of sp³-hybridized carbons (Fsp3) is 0.125. The average Bonchev–Trinajstić information content (AvgIpc) is 2.59. The molecule has 6 nitrogen and oxygen atoms in total. The summed E-state index contributed by atoms with van der Waals surface area (Å²) >= 11 is 18.3. The zero-order valence-electron chi connectivity index (χ0n) is 13.0. The molecule has 2 aromatic heterocycles. The summed E-state index contributed by atoms with van der Waals surface area (Å²) < 4.78 is 1.14. The van der Waals surface area contributed by atoms with E-state index in [1.165, 1.54) is 12.3 Å². The van der Waals surface area contributed by atoms with E-state index in [9.17, 15) is 4.79 Å². The molecule has 25 heavy (non-hydrogen) atoms. The van der Waals surface area contributed by atoms with Crippen molar-refractivity contribution < 1.29 is 0 Å². The van der Waals surface area contributed by atoms with Crippen molar-refractivity contribution in [2.75, 3.05) is 11.9 Å². The molecule has 0 aliphatic heterocycles. The fourth-order valence-corrected chi connectivity index (χ4v) is 3.02. The number of benzene rings is 1. The number of hydrogen-bond donors (Lipinski definition) is 0. The molecule has 3 aromatic rings. The number of nitrogens with zero attached hydrogens (tertiary/aromatic N) is 5. The fourth-order valence-electron chi connectivity index (χ4n) is 2.25. The van der Waals surface area contributed by atoms with Crippen molar-refractivity contribution in [3.05, 3.63) is 74.1 Å². The summed E-state index contributed by atoms with van der Waals surface area (Å²) in [4.78, 5) is 22.6. The van der Waals surface area contributed by atoms with Crippen molar-refractivity contribution in [1.29, 1.82) is 0 Å². The molecule has 0 aliphatic rings. The van der Waals surface area contributed by atoms with E-state index in [0.717, 1.165) is 10.4 Å². The van der Waals surface area contributed by atoms with Crippen LogP contribution >= 0.6 is 34.8 Å². The lowest BCUT2D eigenvalue weighted by Crippen LogP contribution is -2.26. The van der Waals surface area contributed by atoms with Gasteiger partial charge in [-0.3, -0.25) is 14.8 Å². The Bertz CT molecular complexity index is 962. The maximum absolute atomic E-state index is 12.6. The van der Waals surface area contributed by atoms with E-state index >= 15 is 0 Å². The van der Waals surface area contributed by atoms with Crippen LogP contribution in [0, 0.1) is 0 Å². The average molecular weight is 397 g/mol. The molecule has 2 heterocycles. The third kappa shape index (κ3) is 3.76. The summed E-state index contributed by atoms with van der Waals surface area (Å²) in [6.07, 6.45) is 6.34. The van der Waals surface area contributed by atoms with Crippen LogP contribution in [-0.4, -0.2) is 26.8 Å². The van der Waals surface area contributed by atoms with Gasteiger partial charge in [0.05, 0.1) is 41.0 Å². The Morgan fingerprint density at radius 2 is 1.96 bits per heavy atom. The van der Waals surface area contributed by atoms with E-state index in [0.29, 0.717) is 28.0 Å². The van der Waals surface area contributed by atoms with Gasteiger partial charge in [-0.15, -0.1) is 0 Å². The Hall–Kier alpha value is -2.15. The summed E-state index contributed by atoms with van der Waals surface area (Å²) in [5, 5.41) is 4.98. The topological polar surface area (TPSA) is 63.9 Å². The highest BCUT2D eigenvalue weighted by molar-refractivity contribution is 6.36. The largest absolute Gasteiger partial charge is 0.366 e. The number of hydrogen-bond acceptors (Lipinski definition) is 5. The van der Waals surface area contributed by atoms with E-state index < -0.39 is 5.56 Å². The first-order valence-corrected chi connectivity index (χ1v) is 8.30. The zero-order chi connectivity index (χ0) is 18.0. The summed E-state index contributed by atoms with van der Waals surface area (Å²) in [6.45, 7) is 0.431. The lowest BCUT2D eigenvalue weighted by Gasteiger charge is -2.20. The molecule has 128 valence electrons. The predicted octanol–water partition coefficient (Wildman–Crippen LogP) is 3.62. The standard InChI is InChI=1S/C16H12Cl3N5O/c1-23(9-11-7-20-4-5-21-11)14-8-22-24(16(25)15(14)19)13-3-2-10(17)6-12(13)18/h2-8H,9H2,1H3. The molecule has 0 fully saturated rings. The van der Waals surface area contributed by atoms with Gasteiger partial charge in [0, 0.05) is 24.5 Å². The quantitative estimate of drug-likeness (QED) is 0.674. The van der Waals surface area contributed by atoms with Crippen LogP contribution in [0.5, 0.6) is 0 Å². The Morgan fingerprint density at radius 1 is 1.16 bits per heavy atom. The highest BCUT2D eigenvalue weighted by atomic mass is 35.5. The normalized spacial score (nSPS) is 10.7. The molecular formula is C16H12Cl3N5O. The van der Waals surface area contributed by atoms with Crippen LogP contribution in [-0.2, 0) is 6.54 Å². The van der Waals surface area contributed by atoms with Crippen LogP contribution in [0.2, 0.25) is 15.1 Å². The molecule has 0 saturated heterocycles. The van der Waals surface area contributed by atoms with Crippen LogP contribution in [0.1, 0.15) is 5.69 Å². The van der Waals surface area contributed by atoms with Gasteiger partial charge in [-0.1, -0.05) is 34.8 Å². The molecule has 0 radical (unpaired) electrons. The second-order valence-corrected chi connectivity index (χ2v) is 6.43. The van der Waals surface area contributed by atoms with Crippen molar-refractivity contribution in [2.45, 2.75) is 6.54 Å². The Morgan fingerprint density at radius 3 is 2.64 bits per heavy atom. The minimum Gasteiger partial charge on any atom is -0.366 e. The van der Waals surface area contributed by atoms with Crippen molar-refractivity contribution in [3.63, 3.8) is 0 Å². The van der Waals surface area contributed by atoms with Gasteiger partial charge in [0.1, 0.15) is 5.02 Å². The number of rotatable bonds is 4. The van der Waals surface area contributed by atoms with Crippen LogP contribution in [0.15, 0.2) is 47.8 Å². The molecule has 3 rings (SSSR count). The summed E-state index contributed by atoms with van der Waals surface area (Å²) in [6, 6.07) is 4.77. The van der Waals surface area contributed by atoms with Gasteiger partial charge in [-0.25, -0.2) is 0 Å². The van der Waals surface area contributed by atoms with Crippen LogP contribution < -0.4 is 10.5 Å². The highest BCUT2D eigenvalue weighted by Crippen LogP contribution is 2.25. The van der Waals surface area contributed by atoms with Crippen LogP contribution in [0.3, 0.4) is 0 Å². The predicted molar refractivity (Wildman–Crippen MR) is 99.0 cm³/mol. The molecule has 9 heteroatoms. The summed E-state index contributed by atoms with van der Waals surface area (Å²) in [5.74, 6) is 0. The number of aromatic nitrogens is 4. The van der Waals surface area contributed by atoms with E-state index in [1.54, 1.807) is 42.7 Å². The molecule has 0 saturated carbocycles. The van der Waals surface area contributed by atoms with Crippen molar-refractivity contribution in [2.24, 2.45) is 0 Å². The second-order valence-electron chi connectivity index (χ2n) is 5.21. The molecular weight excluding hydrogens is 385 g/mol.